The Morgan fingerprint density at radius 1 is 1.40 bits per heavy atom. The Bertz CT molecular complexity index is 241. The molecule has 1 atom stereocenters. The predicted octanol–water partition coefficient (Wildman–Crippen LogP) is 0.0639. The Morgan fingerprint density at radius 2 is 2.13 bits per heavy atom. The van der Waals surface area contributed by atoms with Crippen LogP contribution in [-0.2, 0) is 4.79 Å². The fourth-order valence-electron chi connectivity index (χ4n) is 2.55. The number of aliphatic hydroxyl groups is 1. The van der Waals surface area contributed by atoms with E-state index in [0.29, 0.717) is 12.1 Å². The second-order valence-electron chi connectivity index (χ2n) is 4.62. The maximum absolute atomic E-state index is 11.5. The molecule has 2 rings (SSSR count). The van der Waals surface area contributed by atoms with Crippen molar-refractivity contribution < 1.29 is 9.90 Å². The van der Waals surface area contributed by atoms with Crippen LogP contribution in [-0.4, -0.2) is 59.1 Å². The predicted molar refractivity (Wildman–Crippen MR) is 57.5 cm³/mol. The molecular weight excluding hydrogens is 192 g/mol. The molecule has 4 heteroatoms. The van der Waals surface area contributed by atoms with Crippen LogP contribution in [0.1, 0.15) is 26.2 Å². The number of amides is 1. The lowest BCUT2D eigenvalue weighted by atomic mass is 10.2. The number of β-amino-alcohol motifs (C(OH)–C–C–N with tert-alkyl or cyclic N) is 1. The summed E-state index contributed by atoms with van der Waals surface area (Å²) in [5.41, 5.74) is 0. The topological polar surface area (TPSA) is 43.8 Å². The maximum atomic E-state index is 11.5. The number of hydrogen-bond donors (Lipinski definition) is 1. The molecule has 1 heterocycles. The Morgan fingerprint density at radius 3 is 2.67 bits per heavy atom. The van der Waals surface area contributed by atoms with E-state index in [-0.39, 0.29) is 12.5 Å². The zero-order valence-electron chi connectivity index (χ0n) is 9.35. The van der Waals surface area contributed by atoms with Crippen LogP contribution in [0.3, 0.4) is 0 Å². The molecule has 2 fully saturated rings. The summed E-state index contributed by atoms with van der Waals surface area (Å²) < 4.78 is 0. The fourth-order valence-corrected chi connectivity index (χ4v) is 2.55. The molecule has 4 nitrogen and oxygen atoms in total. The van der Waals surface area contributed by atoms with Gasteiger partial charge in [-0.15, -0.1) is 0 Å². The third-order valence-electron chi connectivity index (χ3n) is 3.36. The monoisotopic (exact) mass is 212 g/mol. The van der Waals surface area contributed by atoms with Gasteiger partial charge in [0.05, 0.1) is 6.61 Å². The summed E-state index contributed by atoms with van der Waals surface area (Å²) in [6.07, 6.45) is 3.42. The molecule has 1 aliphatic carbocycles. The number of nitrogens with zero attached hydrogens (tertiary/aromatic N) is 2. The molecule has 1 amide bonds. The van der Waals surface area contributed by atoms with E-state index in [0.717, 1.165) is 26.1 Å². The van der Waals surface area contributed by atoms with Crippen LogP contribution in [0.15, 0.2) is 0 Å². The third kappa shape index (κ3) is 2.49. The van der Waals surface area contributed by atoms with E-state index < -0.39 is 0 Å². The first kappa shape index (κ1) is 10.9. The number of rotatable bonds is 4. The lowest BCUT2D eigenvalue weighted by Crippen LogP contribution is -2.42. The van der Waals surface area contributed by atoms with E-state index in [1.807, 2.05) is 0 Å². The Balaban J connectivity index is 1.89. The van der Waals surface area contributed by atoms with Crippen LogP contribution in [0.5, 0.6) is 0 Å². The lowest BCUT2D eigenvalue weighted by Gasteiger charge is -2.28. The van der Waals surface area contributed by atoms with Crippen LogP contribution >= 0.6 is 0 Å². The number of hydrogen-bond acceptors (Lipinski definition) is 3. The van der Waals surface area contributed by atoms with Crippen molar-refractivity contribution in [3.63, 3.8) is 0 Å². The smallest absolute Gasteiger partial charge is 0.219 e. The molecular formula is C11H20N2O2. The highest BCUT2D eigenvalue weighted by atomic mass is 16.3. The molecule has 0 unspecified atom stereocenters. The summed E-state index contributed by atoms with van der Waals surface area (Å²) in [6, 6.07) is 0.906. The molecule has 0 aromatic rings. The van der Waals surface area contributed by atoms with Crippen molar-refractivity contribution in [1.82, 2.24) is 9.80 Å². The minimum Gasteiger partial charge on any atom is -0.395 e. The van der Waals surface area contributed by atoms with Gasteiger partial charge in [-0.3, -0.25) is 9.69 Å². The van der Waals surface area contributed by atoms with Gasteiger partial charge in [0.2, 0.25) is 5.91 Å². The van der Waals surface area contributed by atoms with Gasteiger partial charge in [-0.2, -0.15) is 0 Å². The maximum Gasteiger partial charge on any atom is 0.219 e. The molecule has 86 valence electrons. The van der Waals surface area contributed by atoms with E-state index in [1.165, 1.54) is 12.8 Å². The van der Waals surface area contributed by atoms with Crippen molar-refractivity contribution in [2.45, 2.75) is 38.3 Å². The van der Waals surface area contributed by atoms with Crippen LogP contribution in [0.4, 0.5) is 0 Å². The van der Waals surface area contributed by atoms with Gasteiger partial charge in [0.25, 0.3) is 0 Å². The highest BCUT2D eigenvalue weighted by Gasteiger charge is 2.38. The average molecular weight is 212 g/mol. The number of likely N-dealkylation sites (tertiary alicyclic amines) is 1. The number of carbonyl (C=O) groups is 1. The standard InChI is InChI=1S/C11H20N2O2/c1-9(15)13(10-2-3-10)11-4-5-12(8-11)6-7-14/h10-11,14H,2-8H2,1H3/t11-/m0/s1. The Kier molecular flexibility index (Phi) is 3.26. The Hall–Kier alpha value is -0.610. The van der Waals surface area contributed by atoms with Crippen molar-refractivity contribution in [2.75, 3.05) is 26.2 Å². The van der Waals surface area contributed by atoms with Gasteiger partial charge in [0.15, 0.2) is 0 Å². The number of carbonyl (C=O) groups excluding carboxylic acids is 1. The summed E-state index contributed by atoms with van der Waals surface area (Å²) in [5.74, 6) is 0.216. The highest BCUT2D eigenvalue weighted by molar-refractivity contribution is 5.74. The average Bonchev–Trinajstić information content (AvgIpc) is 2.88. The van der Waals surface area contributed by atoms with Gasteiger partial charge in [0.1, 0.15) is 0 Å². The minimum atomic E-state index is 0.216. The van der Waals surface area contributed by atoms with Crippen molar-refractivity contribution in [3.8, 4) is 0 Å². The van der Waals surface area contributed by atoms with Gasteiger partial charge >= 0.3 is 0 Å². The molecule has 0 bridgehead atoms. The van der Waals surface area contributed by atoms with E-state index in [1.54, 1.807) is 6.92 Å². The molecule has 1 saturated carbocycles. The Labute approximate surface area is 90.9 Å². The van der Waals surface area contributed by atoms with Crippen molar-refractivity contribution in [1.29, 1.82) is 0 Å². The molecule has 2 aliphatic rings. The number of aliphatic hydroxyl groups excluding tert-OH is 1. The fraction of sp³-hybridized carbons (Fsp3) is 0.909. The molecule has 0 spiro atoms. The van der Waals surface area contributed by atoms with Crippen LogP contribution in [0, 0.1) is 0 Å². The zero-order chi connectivity index (χ0) is 10.8. The van der Waals surface area contributed by atoms with Crippen molar-refractivity contribution in [2.24, 2.45) is 0 Å². The molecule has 1 N–H and O–H groups in total. The first-order valence-electron chi connectivity index (χ1n) is 5.84. The van der Waals surface area contributed by atoms with Gasteiger partial charge in [-0.1, -0.05) is 0 Å². The van der Waals surface area contributed by atoms with E-state index in [9.17, 15) is 4.79 Å². The summed E-state index contributed by atoms with van der Waals surface area (Å²) in [5, 5.41) is 8.86. The molecule has 0 radical (unpaired) electrons. The first-order valence-corrected chi connectivity index (χ1v) is 5.84. The van der Waals surface area contributed by atoms with Gasteiger partial charge in [-0.05, 0) is 19.3 Å². The summed E-state index contributed by atoms with van der Waals surface area (Å²) >= 11 is 0. The van der Waals surface area contributed by atoms with E-state index in [4.69, 9.17) is 5.11 Å². The molecule has 0 aromatic carbocycles. The third-order valence-corrected chi connectivity index (χ3v) is 3.36. The minimum absolute atomic E-state index is 0.216. The van der Waals surface area contributed by atoms with Crippen LogP contribution < -0.4 is 0 Å². The van der Waals surface area contributed by atoms with Crippen LogP contribution in [0.2, 0.25) is 0 Å². The highest BCUT2D eigenvalue weighted by Crippen LogP contribution is 2.31. The lowest BCUT2D eigenvalue weighted by molar-refractivity contribution is -0.131. The van der Waals surface area contributed by atoms with Gasteiger partial charge in [0, 0.05) is 38.6 Å². The SMILES string of the molecule is CC(=O)N(C1CC1)[C@H]1CCN(CCO)C1. The normalized spacial score (nSPS) is 26.9. The second-order valence-corrected chi connectivity index (χ2v) is 4.62. The van der Waals surface area contributed by atoms with Crippen LogP contribution in [0.25, 0.3) is 0 Å². The van der Waals surface area contributed by atoms with E-state index in [2.05, 4.69) is 9.80 Å². The summed E-state index contributed by atoms with van der Waals surface area (Å²) in [6.45, 7) is 4.59. The second kappa shape index (κ2) is 4.49. The summed E-state index contributed by atoms with van der Waals surface area (Å²) in [4.78, 5) is 15.8. The van der Waals surface area contributed by atoms with Gasteiger partial charge < -0.3 is 10.0 Å². The van der Waals surface area contributed by atoms with Crippen molar-refractivity contribution in [3.05, 3.63) is 0 Å². The quantitative estimate of drug-likeness (QED) is 0.717. The molecule has 1 aliphatic heterocycles. The summed E-state index contributed by atoms with van der Waals surface area (Å²) in [7, 11) is 0. The van der Waals surface area contributed by atoms with Crippen molar-refractivity contribution >= 4 is 5.91 Å². The van der Waals surface area contributed by atoms with E-state index >= 15 is 0 Å². The molecule has 15 heavy (non-hydrogen) atoms. The molecule has 1 saturated heterocycles. The zero-order valence-corrected chi connectivity index (χ0v) is 9.35. The molecule has 0 aromatic heterocycles. The largest absolute Gasteiger partial charge is 0.395 e. The first-order chi connectivity index (χ1) is 7.22. The van der Waals surface area contributed by atoms with Gasteiger partial charge in [-0.25, -0.2) is 0 Å².